The Labute approximate surface area is 190 Å². The topological polar surface area (TPSA) is 115 Å². The quantitative estimate of drug-likeness (QED) is 0.343. The lowest BCUT2D eigenvalue weighted by Gasteiger charge is -2.18. The van der Waals surface area contributed by atoms with Crippen molar-refractivity contribution in [2.24, 2.45) is 0 Å². The first-order valence-corrected chi connectivity index (χ1v) is 9.80. The summed E-state index contributed by atoms with van der Waals surface area (Å²) in [6.07, 6.45) is 0. The third kappa shape index (κ3) is 4.79. The van der Waals surface area contributed by atoms with E-state index in [0.29, 0.717) is 28.0 Å². The van der Waals surface area contributed by atoms with Crippen LogP contribution in [0.15, 0.2) is 60.7 Å². The standard InChI is InChI=1S/C25H24O8/c1-14(25(29)32-4)13-33-20-10-7-16(11-19(20)27)22-21(30-2)12-18(24(31-3)23(22)28)15-5-8-17(26)9-6-15/h5-12,26-28H,1,13H2,2-4H3. The fourth-order valence-electron chi connectivity index (χ4n) is 3.29. The van der Waals surface area contributed by atoms with Crippen molar-refractivity contribution in [3.8, 4) is 56.8 Å². The minimum Gasteiger partial charge on any atom is -0.508 e. The minimum absolute atomic E-state index is 0.0925. The molecule has 3 N–H and O–H groups in total. The van der Waals surface area contributed by atoms with Crippen LogP contribution in [-0.4, -0.2) is 49.2 Å². The second-order valence-electron chi connectivity index (χ2n) is 7.00. The molecule has 8 heteroatoms. The van der Waals surface area contributed by atoms with Crippen LogP contribution in [-0.2, 0) is 9.53 Å². The van der Waals surface area contributed by atoms with E-state index < -0.39 is 5.97 Å². The molecule has 0 aromatic heterocycles. The second kappa shape index (κ2) is 9.86. The van der Waals surface area contributed by atoms with Crippen molar-refractivity contribution in [2.75, 3.05) is 27.9 Å². The minimum atomic E-state index is -0.610. The van der Waals surface area contributed by atoms with Gasteiger partial charge in [0, 0.05) is 5.56 Å². The number of esters is 1. The summed E-state index contributed by atoms with van der Waals surface area (Å²) in [6, 6.07) is 12.6. The number of aromatic hydroxyl groups is 3. The highest BCUT2D eigenvalue weighted by atomic mass is 16.5. The SMILES string of the molecule is C=C(COc1ccc(-c2c(OC)cc(-c3ccc(O)cc3)c(OC)c2O)cc1O)C(=O)OC. The van der Waals surface area contributed by atoms with E-state index in [2.05, 4.69) is 11.3 Å². The van der Waals surface area contributed by atoms with Gasteiger partial charge in [-0.25, -0.2) is 4.79 Å². The lowest BCUT2D eigenvalue weighted by atomic mass is 9.96. The third-order valence-electron chi connectivity index (χ3n) is 4.94. The van der Waals surface area contributed by atoms with Gasteiger partial charge >= 0.3 is 5.97 Å². The summed E-state index contributed by atoms with van der Waals surface area (Å²) in [4.78, 5) is 11.4. The number of rotatable bonds is 8. The predicted molar refractivity (Wildman–Crippen MR) is 122 cm³/mol. The predicted octanol–water partition coefficient (Wildman–Crippen LogP) is 4.26. The van der Waals surface area contributed by atoms with Crippen molar-refractivity contribution < 1.29 is 39.1 Å². The van der Waals surface area contributed by atoms with Crippen LogP contribution in [0.4, 0.5) is 0 Å². The molecule has 33 heavy (non-hydrogen) atoms. The largest absolute Gasteiger partial charge is 0.508 e. The van der Waals surface area contributed by atoms with Crippen molar-refractivity contribution in [1.29, 1.82) is 0 Å². The lowest BCUT2D eigenvalue weighted by molar-refractivity contribution is -0.136. The van der Waals surface area contributed by atoms with E-state index >= 15 is 0 Å². The van der Waals surface area contributed by atoms with Gasteiger partial charge in [0.2, 0.25) is 0 Å². The van der Waals surface area contributed by atoms with Crippen molar-refractivity contribution in [1.82, 2.24) is 0 Å². The number of phenolic OH excluding ortho intramolecular Hbond substituents is 3. The molecule has 0 aliphatic heterocycles. The Hall–Kier alpha value is -4.33. The van der Waals surface area contributed by atoms with Crippen molar-refractivity contribution in [2.45, 2.75) is 0 Å². The summed E-state index contributed by atoms with van der Waals surface area (Å²) in [5.74, 6) is -0.246. The molecule has 0 bridgehead atoms. The van der Waals surface area contributed by atoms with E-state index in [4.69, 9.17) is 14.2 Å². The van der Waals surface area contributed by atoms with Crippen molar-refractivity contribution in [3.05, 3.63) is 60.7 Å². The Kier molecular flexibility index (Phi) is 6.97. The lowest BCUT2D eigenvalue weighted by Crippen LogP contribution is -2.11. The molecule has 0 aliphatic rings. The number of hydrogen-bond donors (Lipinski definition) is 3. The molecule has 0 atom stereocenters. The third-order valence-corrected chi connectivity index (χ3v) is 4.94. The normalized spacial score (nSPS) is 10.4. The number of carbonyl (C=O) groups is 1. The van der Waals surface area contributed by atoms with Crippen LogP contribution in [0.2, 0.25) is 0 Å². The summed E-state index contributed by atoms with van der Waals surface area (Å²) in [7, 11) is 4.12. The molecule has 3 aromatic rings. The van der Waals surface area contributed by atoms with Gasteiger partial charge in [-0.05, 0) is 41.5 Å². The van der Waals surface area contributed by atoms with Gasteiger partial charge in [-0.15, -0.1) is 0 Å². The van der Waals surface area contributed by atoms with Crippen LogP contribution in [0.25, 0.3) is 22.3 Å². The fourth-order valence-corrected chi connectivity index (χ4v) is 3.29. The Morgan fingerprint density at radius 3 is 2.12 bits per heavy atom. The number of ether oxygens (including phenoxy) is 4. The van der Waals surface area contributed by atoms with Gasteiger partial charge in [-0.3, -0.25) is 0 Å². The molecule has 0 amide bonds. The Morgan fingerprint density at radius 2 is 1.55 bits per heavy atom. The van der Waals surface area contributed by atoms with E-state index in [1.807, 2.05) is 0 Å². The van der Waals surface area contributed by atoms with Crippen LogP contribution in [0, 0.1) is 0 Å². The monoisotopic (exact) mass is 452 g/mol. The van der Waals surface area contributed by atoms with Crippen LogP contribution in [0.5, 0.6) is 34.5 Å². The first-order valence-electron chi connectivity index (χ1n) is 9.80. The van der Waals surface area contributed by atoms with Gasteiger partial charge in [0.15, 0.2) is 23.0 Å². The highest BCUT2D eigenvalue weighted by Crippen LogP contribution is 2.50. The molecule has 0 spiro atoms. The van der Waals surface area contributed by atoms with Gasteiger partial charge in [0.1, 0.15) is 18.1 Å². The van der Waals surface area contributed by atoms with Crippen molar-refractivity contribution >= 4 is 5.97 Å². The summed E-state index contributed by atoms with van der Waals surface area (Å²) in [5, 5.41) is 31.1. The van der Waals surface area contributed by atoms with Crippen molar-refractivity contribution in [3.63, 3.8) is 0 Å². The smallest absolute Gasteiger partial charge is 0.336 e. The molecule has 3 aromatic carbocycles. The highest BCUT2D eigenvalue weighted by Gasteiger charge is 2.22. The average Bonchev–Trinajstić information content (AvgIpc) is 2.82. The molecule has 0 fully saturated rings. The number of hydrogen-bond acceptors (Lipinski definition) is 8. The molecular formula is C25H24O8. The number of carbonyl (C=O) groups excluding carboxylic acids is 1. The molecule has 172 valence electrons. The second-order valence-corrected chi connectivity index (χ2v) is 7.00. The molecule has 0 unspecified atom stereocenters. The van der Waals surface area contributed by atoms with E-state index in [0.717, 1.165) is 0 Å². The molecule has 3 rings (SSSR count). The Morgan fingerprint density at radius 1 is 0.879 bits per heavy atom. The van der Waals surface area contributed by atoms with E-state index in [9.17, 15) is 20.1 Å². The van der Waals surface area contributed by atoms with Gasteiger partial charge < -0.3 is 34.3 Å². The number of methoxy groups -OCH3 is 3. The van der Waals surface area contributed by atoms with E-state index in [1.54, 1.807) is 24.3 Å². The molecule has 8 nitrogen and oxygen atoms in total. The maximum absolute atomic E-state index is 11.4. The number of benzene rings is 3. The molecule has 0 heterocycles. The van der Waals surface area contributed by atoms with Gasteiger partial charge in [0.05, 0.1) is 32.5 Å². The summed E-state index contributed by atoms with van der Waals surface area (Å²) in [5.41, 5.74) is 2.09. The van der Waals surface area contributed by atoms with Crippen LogP contribution in [0.1, 0.15) is 0 Å². The highest BCUT2D eigenvalue weighted by molar-refractivity contribution is 5.89. The maximum Gasteiger partial charge on any atom is 0.336 e. The Bertz CT molecular complexity index is 1180. The summed E-state index contributed by atoms with van der Waals surface area (Å²) < 4.78 is 21.0. The summed E-state index contributed by atoms with van der Waals surface area (Å²) >= 11 is 0. The van der Waals surface area contributed by atoms with Gasteiger partial charge in [-0.2, -0.15) is 0 Å². The number of phenols is 3. The van der Waals surface area contributed by atoms with E-state index in [-0.39, 0.29) is 40.9 Å². The average molecular weight is 452 g/mol. The van der Waals surface area contributed by atoms with Gasteiger partial charge in [0.25, 0.3) is 0 Å². The van der Waals surface area contributed by atoms with Gasteiger partial charge in [-0.1, -0.05) is 24.8 Å². The molecule has 0 radical (unpaired) electrons. The molecular weight excluding hydrogens is 428 g/mol. The van der Waals surface area contributed by atoms with Crippen LogP contribution >= 0.6 is 0 Å². The first kappa shape index (κ1) is 23.3. The Balaban J connectivity index is 2.02. The molecule has 0 saturated heterocycles. The zero-order valence-electron chi connectivity index (χ0n) is 18.4. The van der Waals surface area contributed by atoms with E-state index in [1.165, 1.54) is 45.6 Å². The molecule has 0 saturated carbocycles. The first-order chi connectivity index (χ1) is 15.8. The van der Waals surface area contributed by atoms with Crippen LogP contribution < -0.4 is 14.2 Å². The zero-order chi connectivity index (χ0) is 24.1. The summed E-state index contributed by atoms with van der Waals surface area (Å²) in [6.45, 7) is 3.40. The zero-order valence-corrected chi connectivity index (χ0v) is 18.4. The maximum atomic E-state index is 11.4. The fraction of sp³-hybridized carbons (Fsp3) is 0.160. The van der Waals surface area contributed by atoms with Crippen LogP contribution in [0.3, 0.4) is 0 Å². The molecule has 0 aliphatic carbocycles.